The molecule has 7 nitrogen and oxygen atoms in total. The van der Waals surface area contributed by atoms with Gasteiger partial charge in [-0.2, -0.15) is 0 Å². The normalized spacial score (nSPS) is 11.9. The van der Waals surface area contributed by atoms with Crippen LogP contribution in [0.15, 0.2) is 78.1 Å². The first-order valence-electron chi connectivity index (χ1n) is 9.08. The van der Waals surface area contributed by atoms with Crippen molar-refractivity contribution in [1.29, 1.82) is 0 Å². The van der Waals surface area contributed by atoms with Gasteiger partial charge in [0.2, 0.25) is 5.91 Å². The Balaban J connectivity index is 1.94. The minimum absolute atomic E-state index is 0.144. The Morgan fingerprint density at radius 2 is 1.87 bits per heavy atom. The van der Waals surface area contributed by atoms with Gasteiger partial charge >= 0.3 is 0 Å². The van der Waals surface area contributed by atoms with Crippen molar-refractivity contribution < 1.29 is 13.2 Å². The molecule has 3 heterocycles. The van der Waals surface area contributed by atoms with Gasteiger partial charge in [-0.1, -0.05) is 23.8 Å². The zero-order valence-corrected chi connectivity index (χ0v) is 16.9. The molecule has 1 aromatic carbocycles. The number of aromatic nitrogens is 3. The third-order valence-corrected chi connectivity index (χ3v) is 6.27. The fraction of sp³-hybridized carbons (Fsp3) is 0.0455. The molecule has 30 heavy (non-hydrogen) atoms. The predicted molar refractivity (Wildman–Crippen MR) is 115 cm³/mol. The van der Waals surface area contributed by atoms with Crippen LogP contribution in [0.25, 0.3) is 28.4 Å². The summed E-state index contributed by atoms with van der Waals surface area (Å²) in [5, 5.41) is 0.561. The number of carbonyl (C=O) groups excluding carboxylic acids is 1. The summed E-state index contributed by atoms with van der Waals surface area (Å²) in [6.07, 6.45) is 7.35. The van der Waals surface area contributed by atoms with Gasteiger partial charge < -0.3 is 5.73 Å². The lowest BCUT2D eigenvalue weighted by Gasteiger charge is -2.07. The van der Waals surface area contributed by atoms with Crippen LogP contribution >= 0.6 is 0 Å². The number of fused-ring (bicyclic) bond motifs is 1. The molecule has 0 aliphatic heterocycles. The number of carbonyl (C=O) groups is 1. The Kier molecular flexibility index (Phi) is 4.93. The van der Waals surface area contributed by atoms with Crippen molar-refractivity contribution in [2.75, 3.05) is 0 Å². The second kappa shape index (κ2) is 7.57. The quantitative estimate of drug-likeness (QED) is 0.501. The number of pyridine rings is 2. The highest BCUT2D eigenvalue weighted by Gasteiger charge is 2.22. The maximum absolute atomic E-state index is 13.3. The molecule has 8 heteroatoms. The zero-order chi connectivity index (χ0) is 21.3. The van der Waals surface area contributed by atoms with Gasteiger partial charge in [-0.05, 0) is 43.3 Å². The highest BCUT2D eigenvalue weighted by Crippen LogP contribution is 2.29. The van der Waals surface area contributed by atoms with Crippen LogP contribution in [0.4, 0.5) is 0 Å². The number of nitrogens with zero attached hydrogens (tertiary/aromatic N) is 3. The number of benzene rings is 1. The van der Waals surface area contributed by atoms with Gasteiger partial charge in [0.25, 0.3) is 10.0 Å². The molecule has 0 aliphatic rings. The molecular weight excluding hydrogens is 400 g/mol. The fourth-order valence-electron chi connectivity index (χ4n) is 3.09. The van der Waals surface area contributed by atoms with Crippen molar-refractivity contribution in [2.24, 2.45) is 5.73 Å². The van der Waals surface area contributed by atoms with Gasteiger partial charge in [-0.3, -0.25) is 9.78 Å². The van der Waals surface area contributed by atoms with E-state index in [-0.39, 0.29) is 10.5 Å². The summed E-state index contributed by atoms with van der Waals surface area (Å²) >= 11 is 0. The monoisotopic (exact) mass is 418 g/mol. The summed E-state index contributed by atoms with van der Waals surface area (Å²) < 4.78 is 27.6. The van der Waals surface area contributed by atoms with E-state index in [1.165, 1.54) is 18.3 Å². The Hall–Kier alpha value is -3.78. The fourth-order valence-corrected chi connectivity index (χ4v) is 4.42. The van der Waals surface area contributed by atoms with Crippen molar-refractivity contribution >= 4 is 33.0 Å². The number of aryl methyl sites for hydroxylation is 1. The molecule has 0 bridgehead atoms. The van der Waals surface area contributed by atoms with E-state index in [0.717, 1.165) is 15.1 Å². The highest BCUT2D eigenvalue weighted by molar-refractivity contribution is 7.90. The topological polar surface area (TPSA) is 108 Å². The van der Waals surface area contributed by atoms with Crippen LogP contribution in [0.1, 0.15) is 11.1 Å². The summed E-state index contributed by atoms with van der Waals surface area (Å²) in [6.45, 7) is 1.88. The molecule has 0 fully saturated rings. The number of amides is 1. The second-order valence-corrected chi connectivity index (χ2v) is 8.56. The summed E-state index contributed by atoms with van der Waals surface area (Å²) in [5.41, 5.74) is 8.36. The van der Waals surface area contributed by atoms with E-state index in [4.69, 9.17) is 5.73 Å². The Morgan fingerprint density at radius 3 is 2.53 bits per heavy atom. The molecule has 1 amide bonds. The van der Waals surface area contributed by atoms with Crippen molar-refractivity contribution in [2.45, 2.75) is 11.8 Å². The zero-order valence-electron chi connectivity index (χ0n) is 16.1. The first kappa shape index (κ1) is 19.5. The second-order valence-electron chi connectivity index (χ2n) is 6.74. The molecule has 0 radical (unpaired) electrons. The number of hydrogen-bond acceptors (Lipinski definition) is 5. The molecule has 0 aliphatic carbocycles. The molecule has 4 aromatic rings. The van der Waals surface area contributed by atoms with E-state index < -0.39 is 15.9 Å². The van der Waals surface area contributed by atoms with Gasteiger partial charge in [0.1, 0.15) is 0 Å². The van der Waals surface area contributed by atoms with Crippen molar-refractivity contribution in [3.63, 3.8) is 0 Å². The highest BCUT2D eigenvalue weighted by atomic mass is 32.2. The molecule has 0 unspecified atom stereocenters. The number of hydrogen-bond donors (Lipinski definition) is 1. The summed E-state index contributed by atoms with van der Waals surface area (Å²) in [5.74, 6) is -0.633. The van der Waals surface area contributed by atoms with Crippen molar-refractivity contribution in [1.82, 2.24) is 13.9 Å². The average Bonchev–Trinajstić information content (AvgIpc) is 3.12. The molecule has 4 rings (SSSR count). The third-order valence-electron chi connectivity index (χ3n) is 4.61. The summed E-state index contributed by atoms with van der Waals surface area (Å²) in [6, 6.07) is 13.9. The SMILES string of the molecule is Cc1ccc(S(=O)(=O)n2cc(/C=C/C(N)=O)c3cc(-c4ccccn4)cnc32)cc1. The van der Waals surface area contributed by atoms with E-state index in [2.05, 4.69) is 9.97 Å². The molecule has 0 spiro atoms. The molecule has 3 aromatic heterocycles. The standard InChI is InChI=1S/C22H18N4O3S/c1-15-5-8-18(9-6-15)30(28,29)26-14-16(7-10-21(23)27)19-12-17(13-25-22(19)26)20-4-2-3-11-24-20/h2-14H,1H3,(H2,23,27)/b10-7+. The van der Waals surface area contributed by atoms with E-state index in [9.17, 15) is 13.2 Å². The first-order valence-corrected chi connectivity index (χ1v) is 10.5. The third kappa shape index (κ3) is 3.60. The minimum Gasteiger partial charge on any atom is -0.366 e. The summed E-state index contributed by atoms with van der Waals surface area (Å²) in [4.78, 5) is 20.1. The molecule has 150 valence electrons. The minimum atomic E-state index is -3.89. The van der Waals surface area contributed by atoms with Crippen LogP contribution in [-0.4, -0.2) is 28.3 Å². The van der Waals surface area contributed by atoms with Crippen LogP contribution in [0.3, 0.4) is 0 Å². The number of rotatable bonds is 5. The Bertz CT molecular complexity index is 1370. The molecular formula is C22H18N4O3S. The van der Waals surface area contributed by atoms with Crippen LogP contribution in [-0.2, 0) is 14.8 Å². The number of nitrogens with two attached hydrogens (primary N) is 1. The first-order chi connectivity index (χ1) is 14.4. The van der Waals surface area contributed by atoms with Gasteiger partial charge in [0.05, 0.1) is 10.6 Å². The van der Waals surface area contributed by atoms with Crippen molar-refractivity contribution in [3.05, 3.63) is 84.3 Å². The number of primary amides is 1. The van der Waals surface area contributed by atoms with Crippen molar-refractivity contribution in [3.8, 4) is 11.3 Å². The van der Waals surface area contributed by atoms with Crippen LogP contribution in [0, 0.1) is 6.92 Å². The van der Waals surface area contributed by atoms with Crippen LogP contribution in [0.2, 0.25) is 0 Å². The van der Waals surface area contributed by atoms with Crippen LogP contribution in [0.5, 0.6) is 0 Å². The van der Waals surface area contributed by atoms with Gasteiger partial charge in [0, 0.05) is 41.2 Å². The largest absolute Gasteiger partial charge is 0.366 e. The van der Waals surface area contributed by atoms with Crippen LogP contribution < -0.4 is 5.73 Å². The summed E-state index contributed by atoms with van der Waals surface area (Å²) in [7, 11) is -3.89. The molecule has 0 saturated carbocycles. The van der Waals surface area contributed by atoms with Gasteiger partial charge in [-0.25, -0.2) is 17.4 Å². The average molecular weight is 418 g/mol. The van der Waals surface area contributed by atoms with E-state index in [1.807, 2.05) is 19.1 Å². The van der Waals surface area contributed by atoms with E-state index in [1.54, 1.807) is 48.8 Å². The Labute approximate surface area is 173 Å². The predicted octanol–water partition coefficient (Wildman–Crippen LogP) is 3.14. The van der Waals surface area contributed by atoms with Gasteiger partial charge in [-0.15, -0.1) is 0 Å². The smallest absolute Gasteiger partial charge is 0.269 e. The Morgan fingerprint density at radius 1 is 1.10 bits per heavy atom. The maximum Gasteiger partial charge on any atom is 0.269 e. The van der Waals surface area contributed by atoms with E-state index >= 15 is 0 Å². The molecule has 2 N–H and O–H groups in total. The lowest BCUT2D eigenvalue weighted by molar-refractivity contribution is -0.113. The van der Waals surface area contributed by atoms with E-state index in [0.29, 0.717) is 16.6 Å². The molecule has 0 atom stereocenters. The lowest BCUT2D eigenvalue weighted by atomic mass is 10.1. The molecule has 0 saturated heterocycles. The van der Waals surface area contributed by atoms with Gasteiger partial charge in [0.15, 0.2) is 5.65 Å². The lowest BCUT2D eigenvalue weighted by Crippen LogP contribution is -2.12. The maximum atomic E-state index is 13.3.